The molecule has 4 unspecified atom stereocenters. The maximum Gasteiger partial charge on any atom is 0.330 e. The van der Waals surface area contributed by atoms with E-state index in [9.17, 15) is 9.59 Å². The molecule has 1 aliphatic heterocycles. The smallest absolute Gasteiger partial charge is 0.330 e. The SMILES string of the molecule is CC1CC(COPSC2CCCC2)OC1n1ccc(=O)[nH]c1=O. The number of hydrogen-bond acceptors (Lipinski definition) is 5. The van der Waals surface area contributed by atoms with Gasteiger partial charge in [-0.05, 0) is 19.3 Å². The number of aromatic nitrogens is 2. The highest BCUT2D eigenvalue weighted by Gasteiger charge is 2.34. The summed E-state index contributed by atoms with van der Waals surface area (Å²) in [5.74, 6) is 0.207. The highest BCUT2D eigenvalue weighted by molar-refractivity contribution is 8.48. The van der Waals surface area contributed by atoms with Crippen molar-refractivity contribution in [2.45, 2.75) is 56.6 Å². The van der Waals surface area contributed by atoms with E-state index in [0.717, 1.165) is 11.7 Å². The van der Waals surface area contributed by atoms with Crippen molar-refractivity contribution >= 4 is 19.4 Å². The van der Waals surface area contributed by atoms with Crippen LogP contribution in [0.4, 0.5) is 0 Å². The van der Waals surface area contributed by atoms with Crippen molar-refractivity contribution in [3.63, 3.8) is 0 Å². The third-order valence-electron chi connectivity index (χ3n) is 4.42. The Labute approximate surface area is 141 Å². The van der Waals surface area contributed by atoms with Crippen LogP contribution in [0.3, 0.4) is 0 Å². The van der Waals surface area contributed by atoms with Crippen molar-refractivity contribution in [1.29, 1.82) is 0 Å². The van der Waals surface area contributed by atoms with Gasteiger partial charge in [0, 0.05) is 23.4 Å². The Morgan fingerprint density at radius 3 is 2.96 bits per heavy atom. The first-order valence-electron chi connectivity index (χ1n) is 8.13. The fraction of sp³-hybridized carbons (Fsp3) is 0.733. The molecule has 3 rings (SSSR count). The first-order valence-corrected chi connectivity index (χ1v) is 10.6. The van der Waals surface area contributed by atoms with Gasteiger partial charge in [-0.3, -0.25) is 14.3 Å². The lowest BCUT2D eigenvalue weighted by atomic mass is 10.1. The molecule has 4 atom stereocenters. The fourth-order valence-electron chi connectivity index (χ4n) is 3.23. The summed E-state index contributed by atoms with van der Waals surface area (Å²) in [5.41, 5.74) is -0.809. The van der Waals surface area contributed by atoms with Crippen molar-refractivity contribution in [2.75, 3.05) is 6.61 Å². The van der Waals surface area contributed by atoms with Crippen molar-refractivity contribution in [2.24, 2.45) is 5.92 Å². The Morgan fingerprint density at radius 2 is 2.22 bits per heavy atom. The molecule has 2 aliphatic rings. The minimum absolute atomic E-state index is 0.00510. The van der Waals surface area contributed by atoms with E-state index in [-0.39, 0.29) is 23.8 Å². The zero-order valence-electron chi connectivity index (χ0n) is 13.2. The molecule has 128 valence electrons. The first kappa shape index (κ1) is 17.2. The summed E-state index contributed by atoms with van der Waals surface area (Å²) < 4.78 is 13.2. The molecule has 1 saturated heterocycles. The number of ether oxygens (including phenoxy) is 1. The zero-order valence-corrected chi connectivity index (χ0v) is 15.0. The average molecular weight is 358 g/mol. The Hall–Kier alpha value is -0.620. The van der Waals surface area contributed by atoms with Gasteiger partial charge in [0.05, 0.1) is 20.7 Å². The molecule has 2 heterocycles. The molecule has 1 aromatic rings. The second-order valence-electron chi connectivity index (χ2n) is 6.30. The molecule has 1 saturated carbocycles. The van der Waals surface area contributed by atoms with Gasteiger partial charge >= 0.3 is 5.69 Å². The molecule has 1 aliphatic carbocycles. The van der Waals surface area contributed by atoms with Crippen LogP contribution < -0.4 is 11.2 Å². The number of nitrogens with zero attached hydrogens (tertiary/aromatic N) is 1. The number of hydrogen-bond donors (Lipinski definition) is 1. The number of rotatable bonds is 6. The highest BCUT2D eigenvalue weighted by atomic mass is 32.7. The van der Waals surface area contributed by atoms with Gasteiger partial charge in [0.2, 0.25) is 0 Å². The Kier molecular flexibility index (Phi) is 5.96. The quantitative estimate of drug-likeness (QED) is 0.625. The van der Waals surface area contributed by atoms with E-state index in [1.807, 2.05) is 11.4 Å². The van der Waals surface area contributed by atoms with Crippen LogP contribution in [0.15, 0.2) is 21.9 Å². The zero-order chi connectivity index (χ0) is 16.2. The van der Waals surface area contributed by atoms with E-state index in [4.69, 9.17) is 9.26 Å². The van der Waals surface area contributed by atoms with E-state index in [2.05, 4.69) is 11.9 Å². The largest absolute Gasteiger partial charge is 0.352 e. The van der Waals surface area contributed by atoms with Gasteiger partial charge in [0.25, 0.3) is 5.56 Å². The van der Waals surface area contributed by atoms with Crippen LogP contribution in [0.1, 0.15) is 45.3 Å². The molecule has 2 fully saturated rings. The summed E-state index contributed by atoms with van der Waals surface area (Å²) >= 11 is 1.92. The predicted molar refractivity (Wildman–Crippen MR) is 93.1 cm³/mol. The standard InChI is InChI=1S/C15H23N2O4PS/c1-10-8-11(9-20-22-23-12-4-2-3-5-12)21-14(10)17-7-6-13(18)16-15(17)19/h6-7,10-12,14,22H,2-5,8-9H2,1H3,(H,16,18,19). The maximum atomic E-state index is 11.9. The van der Waals surface area contributed by atoms with Crippen molar-refractivity contribution in [3.05, 3.63) is 33.1 Å². The summed E-state index contributed by atoms with van der Waals surface area (Å²) in [6, 6.07) is 1.35. The molecule has 0 radical (unpaired) electrons. The summed E-state index contributed by atoms with van der Waals surface area (Å²) in [6.07, 6.45) is 7.36. The summed E-state index contributed by atoms with van der Waals surface area (Å²) in [7, 11) is 0.460. The Bertz CT molecular complexity index is 628. The average Bonchev–Trinajstić information content (AvgIpc) is 3.14. The van der Waals surface area contributed by atoms with Gasteiger partial charge in [0.1, 0.15) is 6.23 Å². The molecule has 0 spiro atoms. The van der Waals surface area contributed by atoms with E-state index in [0.29, 0.717) is 14.6 Å². The van der Waals surface area contributed by atoms with Crippen LogP contribution in [0.5, 0.6) is 0 Å². The van der Waals surface area contributed by atoms with E-state index in [1.54, 1.807) is 0 Å². The van der Waals surface area contributed by atoms with Crippen LogP contribution >= 0.6 is 19.4 Å². The molecule has 0 aromatic carbocycles. The molecule has 8 heteroatoms. The topological polar surface area (TPSA) is 73.3 Å². The van der Waals surface area contributed by atoms with Crippen LogP contribution in [-0.2, 0) is 9.26 Å². The normalized spacial score (nSPS) is 29.0. The van der Waals surface area contributed by atoms with E-state index in [1.165, 1.54) is 42.5 Å². The lowest BCUT2D eigenvalue weighted by Gasteiger charge is -2.18. The van der Waals surface area contributed by atoms with Crippen LogP contribution in [0.25, 0.3) is 0 Å². The third-order valence-corrected chi connectivity index (χ3v) is 7.25. The van der Waals surface area contributed by atoms with Gasteiger partial charge in [-0.15, -0.1) is 11.4 Å². The van der Waals surface area contributed by atoms with Gasteiger partial charge in [-0.1, -0.05) is 19.8 Å². The Balaban J connectivity index is 1.48. The lowest BCUT2D eigenvalue weighted by Crippen LogP contribution is -2.33. The Morgan fingerprint density at radius 1 is 1.43 bits per heavy atom. The number of aromatic amines is 1. The number of H-pyrrole nitrogens is 1. The molecule has 23 heavy (non-hydrogen) atoms. The number of nitrogens with one attached hydrogen (secondary N) is 1. The van der Waals surface area contributed by atoms with E-state index >= 15 is 0 Å². The van der Waals surface area contributed by atoms with Crippen molar-refractivity contribution < 1.29 is 9.26 Å². The highest BCUT2D eigenvalue weighted by Crippen LogP contribution is 2.42. The lowest BCUT2D eigenvalue weighted by molar-refractivity contribution is -0.0274. The summed E-state index contributed by atoms with van der Waals surface area (Å²) in [4.78, 5) is 25.3. The third kappa shape index (κ3) is 4.47. The fourth-order valence-corrected chi connectivity index (χ4v) is 5.78. The second-order valence-corrected chi connectivity index (χ2v) is 8.86. The molecule has 1 N–H and O–H groups in total. The molecule has 0 bridgehead atoms. The van der Waals surface area contributed by atoms with Gasteiger partial charge < -0.3 is 9.26 Å². The van der Waals surface area contributed by atoms with Crippen molar-refractivity contribution in [1.82, 2.24) is 9.55 Å². The van der Waals surface area contributed by atoms with Crippen LogP contribution in [0.2, 0.25) is 0 Å². The van der Waals surface area contributed by atoms with Crippen LogP contribution in [-0.4, -0.2) is 27.5 Å². The molecule has 1 aromatic heterocycles. The monoisotopic (exact) mass is 358 g/mol. The van der Waals surface area contributed by atoms with Gasteiger partial charge in [0.15, 0.2) is 0 Å². The molecule has 6 nitrogen and oxygen atoms in total. The molecular formula is C15H23N2O4PS. The first-order chi connectivity index (χ1) is 11.1. The van der Waals surface area contributed by atoms with E-state index < -0.39 is 5.69 Å². The molecular weight excluding hydrogens is 335 g/mol. The molecule has 0 amide bonds. The predicted octanol–water partition coefficient (Wildman–Crippen LogP) is 2.66. The second kappa shape index (κ2) is 7.97. The minimum Gasteiger partial charge on any atom is -0.352 e. The van der Waals surface area contributed by atoms with Gasteiger partial charge in [-0.2, -0.15) is 0 Å². The van der Waals surface area contributed by atoms with Gasteiger partial charge in [-0.25, -0.2) is 4.79 Å². The van der Waals surface area contributed by atoms with Crippen LogP contribution in [0, 0.1) is 5.92 Å². The maximum absolute atomic E-state index is 11.9. The summed E-state index contributed by atoms with van der Waals surface area (Å²) in [6.45, 7) is 2.62. The minimum atomic E-state index is -0.422. The summed E-state index contributed by atoms with van der Waals surface area (Å²) in [5, 5.41) is 0.768. The van der Waals surface area contributed by atoms with Crippen molar-refractivity contribution in [3.8, 4) is 0 Å².